The maximum Gasteiger partial charge on any atom is 0.253 e. The van der Waals surface area contributed by atoms with Gasteiger partial charge in [0, 0.05) is 16.6 Å². The topological polar surface area (TPSA) is 33.7 Å². The van der Waals surface area contributed by atoms with Crippen LogP contribution in [0.25, 0.3) is 0 Å². The second-order valence-electron chi connectivity index (χ2n) is 9.19. The minimum atomic E-state index is -0.820. The quantitative estimate of drug-likeness (QED) is 0.818. The molecule has 0 bridgehead atoms. The summed E-state index contributed by atoms with van der Waals surface area (Å²) in [6.45, 7) is 16.0. The van der Waals surface area contributed by atoms with Gasteiger partial charge in [-0.1, -0.05) is 51.4 Å². The summed E-state index contributed by atoms with van der Waals surface area (Å²) in [7, 11) is 0. The molecule has 140 valence electrons. The van der Waals surface area contributed by atoms with Crippen LogP contribution in [0.3, 0.4) is 0 Å². The highest BCUT2D eigenvalue weighted by atomic mass is 35.5. The lowest BCUT2D eigenvalue weighted by atomic mass is 9.77. The molecule has 2 heterocycles. The summed E-state index contributed by atoms with van der Waals surface area (Å²) < 4.78 is 6.29. The highest BCUT2D eigenvalue weighted by Gasteiger charge is 2.66. The van der Waals surface area contributed by atoms with Crippen LogP contribution >= 0.6 is 11.6 Å². The average Bonchev–Trinajstić information content (AvgIpc) is 3.02. The van der Waals surface area contributed by atoms with Crippen molar-refractivity contribution in [1.29, 1.82) is 0 Å². The smallest absolute Gasteiger partial charge is 0.253 e. The van der Waals surface area contributed by atoms with Gasteiger partial charge in [-0.2, -0.15) is 5.06 Å². The van der Waals surface area contributed by atoms with E-state index in [2.05, 4.69) is 71.0 Å². The molecule has 1 spiro atoms. The molecule has 1 aromatic carbocycles. The van der Waals surface area contributed by atoms with Crippen LogP contribution in [0, 0.1) is 11.3 Å². The van der Waals surface area contributed by atoms with E-state index in [0.717, 1.165) is 5.02 Å². The van der Waals surface area contributed by atoms with Crippen molar-refractivity contribution in [1.82, 2.24) is 10.4 Å². The Bertz CT molecular complexity index is 624. The molecule has 25 heavy (non-hydrogen) atoms. The first kappa shape index (κ1) is 19.1. The molecule has 4 nitrogen and oxygen atoms in total. The van der Waals surface area contributed by atoms with E-state index in [1.165, 1.54) is 5.56 Å². The van der Waals surface area contributed by atoms with Crippen LogP contribution in [0.1, 0.15) is 60.1 Å². The number of nitrogens with zero attached hydrogens (tertiary/aromatic N) is 1. The molecular formula is C20H31ClN2O2. The van der Waals surface area contributed by atoms with Gasteiger partial charge in [-0.3, -0.25) is 5.32 Å². The number of nitrogens with one attached hydrogen (secondary N) is 1. The van der Waals surface area contributed by atoms with Crippen molar-refractivity contribution >= 4 is 11.6 Å². The van der Waals surface area contributed by atoms with Crippen molar-refractivity contribution < 1.29 is 9.57 Å². The molecule has 2 aliphatic heterocycles. The number of hydroxylamine groups is 2. The monoisotopic (exact) mass is 366 g/mol. The fraction of sp³-hybridized carbons (Fsp3) is 0.700. The lowest BCUT2D eigenvalue weighted by molar-refractivity contribution is -0.334. The van der Waals surface area contributed by atoms with Gasteiger partial charge in [-0.15, -0.1) is 0 Å². The largest absolute Gasteiger partial charge is 0.334 e. The van der Waals surface area contributed by atoms with Crippen LogP contribution in [0.5, 0.6) is 0 Å². The molecule has 2 aliphatic rings. The maximum atomic E-state index is 6.53. The lowest BCUT2D eigenvalue weighted by Crippen LogP contribution is -2.55. The SMILES string of the molecule is CC(C)[C@H]1COC2(N1)ON(C(C)(C)C)[C@@H](c1ccc(Cl)cc1)C2(C)C. The molecule has 1 N–H and O–H groups in total. The molecule has 2 fully saturated rings. The fourth-order valence-corrected chi connectivity index (χ4v) is 3.95. The molecule has 1 unspecified atom stereocenters. The first-order valence-corrected chi connectivity index (χ1v) is 9.51. The Kier molecular flexibility index (Phi) is 4.75. The Morgan fingerprint density at radius 2 is 1.80 bits per heavy atom. The zero-order chi connectivity index (χ0) is 18.6. The Hall–Kier alpha value is -0.650. The van der Waals surface area contributed by atoms with Gasteiger partial charge in [0.25, 0.3) is 5.91 Å². The Morgan fingerprint density at radius 1 is 1.20 bits per heavy atom. The summed E-state index contributed by atoms with van der Waals surface area (Å²) in [4.78, 5) is 6.53. The molecule has 0 radical (unpaired) electrons. The summed E-state index contributed by atoms with van der Waals surface area (Å²) in [5.41, 5.74) is 0.712. The third-order valence-electron chi connectivity index (χ3n) is 5.49. The van der Waals surface area contributed by atoms with E-state index >= 15 is 0 Å². The summed E-state index contributed by atoms with van der Waals surface area (Å²) >= 11 is 6.11. The number of benzene rings is 1. The molecule has 3 rings (SSSR count). The van der Waals surface area contributed by atoms with Crippen molar-refractivity contribution in [3.63, 3.8) is 0 Å². The van der Waals surface area contributed by atoms with Crippen LogP contribution in [0.2, 0.25) is 5.02 Å². The highest BCUT2D eigenvalue weighted by Crippen LogP contribution is 2.57. The average molecular weight is 367 g/mol. The number of ether oxygens (including phenoxy) is 1. The van der Waals surface area contributed by atoms with E-state index in [-0.39, 0.29) is 23.0 Å². The summed E-state index contributed by atoms with van der Waals surface area (Å²) in [5.74, 6) is -0.337. The predicted octanol–water partition coefficient (Wildman–Crippen LogP) is 4.75. The van der Waals surface area contributed by atoms with Crippen LogP contribution in [0.15, 0.2) is 24.3 Å². The van der Waals surface area contributed by atoms with Gasteiger partial charge >= 0.3 is 0 Å². The molecule has 2 saturated heterocycles. The van der Waals surface area contributed by atoms with E-state index < -0.39 is 5.91 Å². The van der Waals surface area contributed by atoms with E-state index in [4.69, 9.17) is 21.2 Å². The third-order valence-corrected chi connectivity index (χ3v) is 5.74. The number of halogens is 1. The van der Waals surface area contributed by atoms with E-state index in [0.29, 0.717) is 12.5 Å². The van der Waals surface area contributed by atoms with Gasteiger partial charge in [0.05, 0.1) is 18.1 Å². The molecule has 0 aromatic heterocycles. The van der Waals surface area contributed by atoms with E-state index in [9.17, 15) is 0 Å². The molecular weight excluding hydrogens is 336 g/mol. The van der Waals surface area contributed by atoms with Crippen molar-refractivity contribution in [3.05, 3.63) is 34.9 Å². The Labute approximate surface area is 156 Å². The molecule has 0 amide bonds. The summed E-state index contributed by atoms with van der Waals surface area (Å²) in [5, 5.41) is 6.49. The number of rotatable bonds is 2. The van der Waals surface area contributed by atoms with Crippen LogP contribution < -0.4 is 5.32 Å². The molecule has 0 aliphatic carbocycles. The molecule has 3 atom stereocenters. The first-order valence-electron chi connectivity index (χ1n) is 9.13. The van der Waals surface area contributed by atoms with Gasteiger partial charge in [0.1, 0.15) is 0 Å². The maximum absolute atomic E-state index is 6.53. The molecule has 0 saturated carbocycles. The van der Waals surface area contributed by atoms with Crippen LogP contribution in [-0.2, 0) is 9.57 Å². The number of hydrogen-bond donors (Lipinski definition) is 1. The zero-order valence-corrected chi connectivity index (χ0v) is 17.1. The van der Waals surface area contributed by atoms with Crippen LogP contribution in [0.4, 0.5) is 0 Å². The zero-order valence-electron chi connectivity index (χ0n) is 16.4. The van der Waals surface area contributed by atoms with Crippen molar-refractivity contribution in [2.45, 2.75) is 72.0 Å². The van der Waals surface area contributed by atoms with Crippen LogP contribution in [-0.4, -0.2) is 29.2 Å². The van der Waals surface area contributed by atoms with E-state index in [1.807, 2.05) is 12.1 Å². The minimum absolute atomic E-state index is 0.0446. The third kappa shape index (κ3) is 3.13. The van der Waals surface area contributed by atoms with E-state index in [1.54, 1.807) is 0 Å². The van der Waals surface area contributed by atoms with Gasteiger partial charge in [-0.05, 0) is 44.4 Å². The van der Waals surface area contributed by atoms with Gasteiger partial charge in [-0.25, -0.2) is 4.84 Å². The summed E-state index contributed by atoms with van der Waals surface area (Å²) in [6, 6.07) is 8.39. The van der Waals surface area contributed by atoms with Gasteiger partial charge in [0.2, 0.25) is 0 Å². The standard InChI is InChI=1S/C20H31ClN2O2/c1-13(2)16-12-24-20(22-16)19(6,7)17(23(25-20)18(3,4)5)14-8-10-15(21)11-9-14/h8-11,13,16-17,22H,12H2,1-7H3/t16-,17+,20?/m1/s1. The second-order valence-corrected chi connectivity index (χ2v) is 9.62. The Balaban J connectivity index is 2.04. The molecule has 1 aromatic rings. The number of hydrogen-bond acceptors (Lipinski definition) is 4. The fourth-order valence-electron chi connectivity index (χ4n) is 3.82. The normalized spacial score (nSPS) is 32.8. The van der Waals surface area contributed by atoms with Gasteiger partial charge < -0.3 is 4.74 Å². The Morgan fingerprint density at radius 3 is 2.28 bits per heavy atom. The molecule has 5 heteroatoms. The lowest BCUT2D eigenvalue weighted by Gasteiger charge is -2.38. The highest BCUT2D eigenvalue weighted by molar-refractivity contribution is 6.30. The minimum Gasteiger partial charge on any atom is -0.334 e. The first-order chi connectivity index (χ1) is 11.5. The van der Waals surface area contributed by atoms with Crippen molar-refractivity contribution in [2.24, 2.45) is 11.3 Å². The second kappa shape index (κ2) is 6.21. The van der Waals surface area contributed by atoms with Gasteiger partial charge in [0.15, 0.2) is 0 Å². The predicted molar refractivity (Wildman–Crippen MR) is 101 cm³/mol. The summed E-state index contributed by atoms with van der Waals surface area (Å²) in [6.07, 6.45) is 0. The van der Waals surface area contributed by atoms with Crippen molar-refractivity contribution in [2.75, 3.05) is 6.61 Å². The van der Waals surface area contributed by atoms with Crippen molar-refractivity contribution in [3.8, 4) is 0 Å².